The van der Waals surface area contributed by atoms with Crippen LogP contribution in [0.15, 0.2) is 35.4 Å². The molecule has 1 aromatic heterocycles. The predicted octanol–water partition coefficient (Wildman–Crippen LogP) is 4.27. The van der Waals surface area contributed by atoms with Gasteiger partial charge in [-0.1, -0.05) is 29.8 Å². The summed E-state index contributed by atoms with van der Waals surface area (Å²) in [5, 5.41) is 10.8. The van der Waals surface area contributed by atoms with E-state index in [1.165, 1.54) is 35.1 Å². The number of pyridine rings is 1. The van der Waals surface area contributed by atoms with Crippen molar-refractivity contribution in [3.63, 3.8) is 0 Å². The van der Waals surface area contributed by atoms with Crippen LogP contribution < -0.4 is 0 Å². The first-order valence-electron chi connectivity index (χ1n) is 7.12. The van der Waals surface area contributed by atoms with E-state index in [-0.39, 0.29) is 5.88 Å². The van der Waals surface area contributed by atoms with E-state index in [9.17, 15) is 5.11 Å². The minimum atomic E-state index is 0.164. The molecule has 0 atom stereocenters. The molecule has 1 aliphatic carbocycles. The lowest BCUT2D eigenvalue weighted by Gasteiger charge is -2.18. The van der Waals surface area contributed by atoms with Gasteiger partial charge in [0.2, 0.25) is 5.88 Å². The molecule has 0 unspecified atom stereocenters. The fraction of sp³-hybridized carbons (Fsp3) is 0.353. The van der Waals surface area contributed by atoms with Gasteiger partial charge in [-0.25, -0.2) is 4.98 Å². The number of nitrogens with zero attached hydrogens (tertiary/aromatic N) is 1. The number of fused-ring (bicyclic) bond motifs is 1. The summed E-state index contributed by atoms with van der Waals surface area (Å²) in [5.74, 6) is 1.07. The van der Waals surface area contributed by atoms with Crippen LogP contribution in [0.2, 0.25) is 0 Å². The van der Waals surface area contributed by atoms with Gasteiger partial charge in [0.25, 0.3) is 0 Å². The van der Waals surface area contributed by atoms with Crippen LogP contribution in [-0.4, -0.2) is 10.1 Å². The standard InChI is InChI=1S/C17H19NOS/c1-12-5-4-6-13(9-12)11-20-17-15-8-3-2-7-14(15)10-16(19)18-17/h4-6,9-10H,2-3,7-8,11H2,1H3,(H,18,19). The maximum Gasteiger partial charge on any atom is 0.212 e. The van der Waals surface area contributed by atoms with Crippen LogP contribution in [-0.2, 0) is 18.6 Å². The van der Waals surface area contributed by atoms with Crippen molar-refractivity contribution in [3.05, 3.63) is 52.6 Å². The predicted molar refractivity (Wildman–Crippen MR) is 83.3 cm³/mol. The van der Waals surface area contributed by atoms with Gasteiger partial charge in [-0.15, -0.1) is 11.8 Å². The number of benzene rings is 1. The van der Waals surface area contributed by atoms with Crippen molar-refractivity contribution in [1.29, 1.82) is 0 Å². The Morgan fingerprint density at radius 3 is 2.90 bits per heavy atom. The van der Waals surface area contributed by atoms with Crippen LogP contribution in [0.1, 0.15) is 35.1 Å². The SMILES string of the molecule is Cc1cccc(CSc2nc(O)cc3c2CCCC3)c1. The van der Waals surface area contributed by atoms with E-state index < -0.39 is 0 Å². The Bertz CT molecular complexity index is 624. The summed E-state index contributed by atoms with van der Waals surface area (Å²) in [7, 11) is 0. The van der Waals surface area contributed by atoms with Crippen LogP contribution in [0.4, 0.5) is 0 Å². The van der Waals surface area contributed by atoms with Gasteiger partial charge in [-0.2, -0.15) is 0 Å². The maximum absolute atomic E-state index is 9.79. The summed E-state index contributed by atoms with van der Waals surface area (Å²) in [4.78, 5) is 4.34. The fourth-order valence-electron chi connectivity index (χ4n) is 2.76. The molecule has 0 saturated heterocycles. The van der Waals surface area contributed by atoms with Crippen molar-refractivity contribution >= 4 is 11.8 Å². The van der Waals surface area contributed by atoms with Gasteiger partial charge in [0, 0.05) is 11.8 Å². The number of rotatable bonds is 3. The number of aromatic nitrogens is 1. The average Bonchev–Trinajstić information content (AvgIpc) is 2.44. The van der Waals surface area contributed by atoms with Gasteiger partial charge >= 0.3 is 0 Å². The first-order chi connectivity index (χ1) is 9.72. The minimum Gasteiger partial charge on any atom is -0.493 e. The average molecular weight is 285 g/mol. The lowest BCUT2D eigenvalue weighted by atomic mass is 9.93. The van der Waals surface area contributed by atoms with E-state index in [1.807, 2.05) is 6.07 Å². The van der Waals surface area contributed by atoms with E-state index in [0.717, 1.165) is 23.6 Å². The maximum atomic E-state index is 9.79. The van der Waals surface area contributed by atoms with Gasteiger partial charge in [0.1, 0.15) is 5.03 Å². The Hall–Kier alpha value is -1.48. The molecule has 0 radical (unpaired) electrons. The normalized spacial score (nSPS) is 14.1. The lowest BCUT2D eigenvalue weighted by molar-refractivity contribution is 0.445. The first-order valence-corrected chi connectivity index (χ1v) is 8.11. The summed E-state index contributed by atoms with van der Waals surface area (Å²) < 4.78 is 0. The van der Waals surface area contributed by atoms with E-state index in [2.05, 4.69) is 36.2 Å². The van der Waals surface area contributed by atoms with Crippen molar-refractivity contribution in [3.8, 4) is 5.88 Å². The molecule has 0 spiro atoms. The monoisotopic (exact) mass is 285 g/mol. The molecule has 1 N–H and O–H groups in total. The number of aryl methyl sites for hydroxylation is 2. The molecule has 104 valence electrons. The molecule has 0 aliphatic heterocycles. The Morgan fingerprint density at radius 2 is 2.05 bits per heavy atom. The van der Waals surface area contributed by atoms with Crippen molar-refractivity contribution in [2.75, 3.05) is 0 Å². The van der Waals surface area contributed by atoms with Crippen LogP contribution in [0.25, 0.3) is 0 Å². The fourth-order valence-corrected chi connectivity index (χ4v) is 3.81. The summed E-state index contributed by atoms with van der Waals surface area (Å²) in [6.45, 7) is 2.11. The molecule has 3 heteroatoms. The molecule has 2 nitrogen and oxygen atoms in total. The van der Waals surface area contributed by atoms with E-state index in [1.54, 1.807) is 11.8 Å². The van der Waals surface area contributed by atoms with E-state index in [0.29, 0.717) is 0 Å². The third kappa shape index (κ3) is 2.98. The Balaban J connectivity index is 1.82. The van der Waals surface area contributed by atoms with Gasteiger partial charge in [0.05, 0.1) is 0 Å². The highest BCUT2D eigenvalue weighted by Gasteiger charge is 2.16. The van der Waals surface area contributed by atoms with Crippen molar-refractivity contribution in [2.45, 2.75) is 43.4 Å². The molecule has 20 heavy (non-hydrogen) atoms. The molecule has 2 aromatic rings. The molecule has 1 heterocycles. The summed E-state index contributed by atoms with van der Waals surface area (Å²) in [6.07, 6.45) is 4.62. The molecule has 0 fully saturated rings. The second-order valence-corrected chi connectivity index (χ2v) is 6.37. The third-order valence-electron chi connectivity index (χ3n) is 3.75. The molecular formula is C17H19NOS. The Labute approximate surface area is 124 Å². The second-order valence-electron chi connectivity index (χ2n) is 5.41. The van der Waals surface area contributed by atoms with Crippen molar-refractivity contribution in [1.82, 2.24) is 4.98 Å². The van der Waals surface area contributed by atoms with Crippen molar-refractivity contribution < 1.29 is 5.11 Å². The highest BCUT2D eigenvalue weighted by Crippen LogP contribution is 2.33. The van der Waals surface area contributed by atoms with Crippen LogP contribution in [0.3, 0.4) is 0 Å². The van der Waals surface area contributed by atoms with Crippen LogP contribution in [0.5, 0.6) is 5.88 Å². The molecular weight excluding hydrogens is 266 g/mol. The van der Waals surface area contributed by atoms with E-state index in [4.69, 9.17) is 0 Å². The van der Waals surface area contributed by atoms with E-state index >= 15 is 0 Å². The molecule has 0 amide bonds. The Kier molecular flexibility index (Phi) is 3.97. The zero-order chi connectivity index (χ0) is 13.9. The quantitative estimate of drug-likeness (QED) is 0.855. The topological polar surface area (TPSA) is 33.1 Å². The smallest absolute Gasteiger partial charge is 0.212 e. The highest BCUT2D eigenvalue weighted by atomic mass is 32.2. The molecule has 0 bridgehead atoms. The van der Waals surface area contributed by atoms with Crippen LogP contribution in [0, 0.1) is 6.92 Å². The van der Waals surface area contributed by atoms with Gasteiger partial charge < -0.3 is 5.11 Å². The Morgan fingerprint density at radius 1 is 1.20 bits per heavy atom. The second kappa shape index (κ2) is 5.88. The molecule has 0 saturated carbocycles. The number of hydrogen-bond acceptors (Lipinski definition) is 3. The number of thioether (sulfide) groups is 1. The molecule has 3 rings (SSSR count). The van der Waals surface area contributed by atoms with Gasteiger partial charge in [-0.05, 0) is 49.3 Å². The molecule has 1 aromatic carbocycles. The summed E-state index contributed by atoms with van der Waals surface area (Å²) in [5.41, 5.74) is 5.24. The van der Waals surface area contributed by atoms with Crippen LogP contribution >= 0.6 is 11.8 Å². The molecule has 1 aliphatic rings. The minimum absolute atomic E-state index is 0.164. The third-order valence-corrected chi connectivity index (χ3v) is 4.83. The summed E-state index contributed by atoms with van der Waals surface area (Å²) in [6, 6.07) is 10.4. The lowest BCUT2D eigenvalue weighted by Crippen LogP contribution is -2.05. The number of aromatic hydroxyl groups is 1. The zero-order valence-electron chi connectivity index (χ0n) is 11.7. The first kappa shape index (κ1) is 13.5. The van der Waals surface area contributed by atoms with Crippen molar-refractivity contribution in [2.24, 2.45) is 0 Å². The largest absolute Gasteiger partial charge is 0.493 e. The zero-order valence-corrected chi connectivity index (χ0v) is 12.5. The highest BCUT2D eigenvalue weighted by molar-refractivity contribution is 7.98. The van der Waals surface area contributed by atoms with Gasteiger partial charge in [0.15, 0.2) is 0 Å². The summed E-state index contributed by atoms with van der Waals surface area (Å²) >= 11 is 1.74. The van der Waals surface area contributed by atoms with Gasteiger partial charge in [-0.3, -0.25) is 0 Å². The number of hydrogen-bond donors (Lipinski definition) is 1.